The molecule has 0 radical (unpaired) electrons. The molecule has 0 fully saturated rings. The fraction of sp³-hybridized carbons (Fsp3) is 0.294. The Morgan fingerprint density at radius 2 is 2.04 bits per heavy atom. The lowest BCUT2D eigenvalue weighted by atomic mass is 10.2. The number of hydrogen-bond donors (Lipinski definition) is 2. The van der Waals surface area contributed by atoms with Gasteiger partial charge in [-0.1, -0.05) is 15.9 Å². The van der Waals surface area contributed by atoms with Crippen molar-refractivity contribution in [1.82, 2.24) is 25.1 Å². The van der Waals surface area contributed by atoms with E-state index in [1.165, 1.54) is 6.33 Å². The molecule has 0 atom stereocenters. The van der Waals surface area contributed by atoms with Gasteiger partial charge in [-0.25, -0.2) is 14.6 Å². The third-order valence-corrected chi connectivity index (χ3v) is 4.28. The molecule has 0 aliphatic heterocycles. The normalized spacial score (nSPS) is 10.8. The highest BCUT2D eigenvalue weighted by Crippen LogP contribution is 2.18. The lowest BCUT2D eigenvalue weighted by molar-refractivity contribution is 0.0952. The van der Waals surface area contributed by atoms with Crippen molar-refractivity contribution in [3.05, 3.63) is 46.8 Å². The average Bonchev–Trinajstić information content (AvgIpc) is 3.06. The summed E-state index contributed by atoms with van der Waals surface area (Å²) >= 11 is 3.35. The number of rotatable bonds is 8. The van der Waals surface area contributed by atoms with Crippen LogP contribution in [0.1, 0.15) is 10.4 Å². The molecule has 8 nitrogen and oxygen atoms in total. The Balaban J connectivity index is 1.61. The molecule has 0 spiro atoms. The van der Waals surface area contributed by atoms with E-state index in [4.69, 9.17) is 4.74 Å². The lowest BCUT2D eigenvalue weighted by Gasteiger charge is -2.07. The average molecular weight is 419 g/mol. The van der Waals surface area contributed by atoms with Gasteiger partial charge >= 0.3 is 0 Å². The molecule has 1 amide bonds. The number of nitrogens with zero attached hydrogens (tertiary/aromatic N) is 4. The number of aromatic nitrogens is 4. The molecule has 0 bridgehead atoms. The molecule has 0 aliphatic carbocycles. The second-order valence-corrected chi connectivity index (χ2v) is 6.43. The molecule has 2 aromatic heterocycles. The van der Waals surface area contributed by atoms with E-state index >= 15 is 0 Å². The first-order valence-corrected chi connectivity index (χ1v) is 8.91. The number of halogens is 1. The van der Waals surface area contributed by atoms with Crippen LogP contribution in [0.15, 0.2) is 41.3 Å². The Bertz CT molecular complexity index is 881. The number of fused-ring (bicyclic) bond motifs is 1. The Hall–Kier alpha value is -2.52. The maximum atomic E-state index is 12.1. The number of amides is 1. The van der Waals surface area contributed by atoms with Crippen LogP contribution in [-0.2, 0) is 11.3 Å². The van der Waals surface area contributed by atoms with Crippen LogP contribution in [0.25, 0.3) is 11.0 Å². The molecule has 1 aromatic carbocycles. The van der Waals surface area contributed by atoms with Crippen LogP contribution in [-0.4, -0.2) is 52.5 Å². The van der Waals surface area contributed by atoms with E-state index in [0.29, 0.717) is 31.8 Å². The third-order valence-electron chi connectivity index (χ3n) is 3.75. The highest BCUT2D eigenvalue weighted by atomic mass is 79.9. The van der Waals surface area contributed by atoms with Crippen LogP contribution >= 0.6 is 15.9 Å². The molecule has 0 aliphatic rings. The first-order chi connectivity index (χ1) is 12.7. The van der Waals surface area contributed by atoms with Gasteiger partial charge < -0.3 is 15.4 Å². The summed E-state index contributed by atoms with van der Waals surface area (Å²) in [6.07, 6.45) is 3.22. The van der Waals surface area contributed by atoms with Crippen molar-refractivity contribution in [2.24, 2.45) is 0 Å². The number of carbonyl (C=O) groups is 1. The number of anilines is 1. The summed E-state index contributed by atoms with van der Waals surface area (Å²) in [5.41, 5.74) is 1.34. The molecule has 26 heavy (non-hydrogen) atoms. The molecule has 3 rings (SSSR count). The Morgan fingerprint density at radius 1 is 1.23 bits per heavy atom. The zero-order valence-electron chi connectivity index (χ0n) is 14.3. The van der Waals surface area contributed by atoms with Gasteiger partial charge in [-0.2, -0.15) is 5.10 Å². The number of hydrogen-bond acceptors (Lipinski definition) is 6. The smallest absolute Gasteiger partial charge is 0.251 e. The number of methoxy groups -OCH3 is 1. The standard InChI is InChI=1S/C17H19BrN6O2/c1-26-9-7-19-15-14-10-23-24(16(14)22-11-21-15)8-6-20-17(25)12-2-4-13(18)5-3-12/h2-5,10-11H,6-9H2,1H3,(H,20,25)(H,19,21,22). The van der Waals surface area contributed by atoms with Gasteiger partial charge in [0.1, 0.15) is 12.1 Å². The molecular formula is C17H19BrN6O2. The summed E-state index contributed by atoms with van der Waals surface area (Å²) in [5, 5.41) is 11.3. The van der Waals surface area contributed by atoms with Crippen molar-refractivity contribution in [2.45, 2.75) is 6.54 Å². The zero-order valence-corrected chi connectivity index (χ0v) is 15.9. The van der Waals surface area contributed by atoms with E-state index in [2.05, 4.69) is 41.6 Å². The first-order valence-electron chi connectivity index (χ1n) is 8.12. The lowest BCUT2D eigenvalue weighted by Crippen LogP contribution is -2.27. The Morgan fingerprint density at radius 3 is 2.81 bits per heavy atom. The maximum Gasteiger partial charge on any atom is 0.251 e. The largest absolute Gasteiger partial charge is 0.383 e. The number of ether oxygens (including phenoxy) is 1. The monoisotopic (exact) mass is 418 g/mol. The summed E-state index contributed by atoms with van der Waals surface area (Å²) in [6, 6.07) is 7.22. The summed E-state index contributed by atoms with van der Waals surface area (Å²) in [5.74, 6) is 0.600. The van der Waals surface area contributed by atoms with Gasteiger partial charge in [-0.3, -0.25) is 4.79 Å². The summed E-state index contributed by atoms with van der Waals surface area (Å²) in [7, 11) is 1.65. The fourth-order valence-electron chi connectivity index (χ4n) is 2.45. The van der Waals surface area contributed by atoms with E-state index in [1.54, 1.807) is 30.1 Å². The summed E-state index contributed by atoms with van der Waals surface area (Å²) in [6.45, 7) is 2.20. The predicted molar refractivity (Wildman–Crippen MR) is 102 cm³/mol. The van der Waals surface area contributed by atoms with Gasteiger partial charge in [0.15, 0.2) is 5.65 Å². The van der Waals surface area contributed by atoms with Gasteiger partial charge in [-0.15, -0.1) is 0 Å². The van der Waals surface area contributed by atoms with Gasteiger partial charge in [0.25, 0.3) is 5.91 Å². The molecule has 0 saturated heterocycles. The number of carbonyl (C=O) groups excluding carboxylic acids is 1. The molecule has 0 saturated carbocycles. The van der Waals surface area contributed by atoms with Crippen molar-refractivity contribution in [3.8, 4) is 0 Å². The molecule has 136 valence electrons. The van der Waals surface area contributed by atoms with Crippen LogP contribution in [0, 0.1) is 0 Å². The second-order valence-electron chi connectivity index (χ2n) is 5.51. The molecule has 2 N–H and O–H groups in total. The highest BCUT2D eigenvalue weighted by Gasteiger charge is 2.10. The van der Waals surface area contributed by atoms with Crippen molar-refractivity contribution in [2.75, 3.05) is 32.1 Å². The van der Waals surface area contributed by atoms with Crippen molar-refractivity contribution >= 4 is 38.7 Å². The minimum absolute atomic E-state index is 0.120. The third kappa shape index (κ3) is 4.36. The zero-order chi connectivity index (χ0) is 18.4. The van der Waals surface area contributed by atoms with Crippen LogP contribution < -0.4 is 10.6 Å². The molecular weight excluding hydrogens is 400 g/mol. The van der Waals surface area contributed by atoms with Crippen LogP contribution in [0.2, 0.25) is 0 Å². The number of benzene rings is 1. The van der Waals surface area contributed by atoms with Crippen LogP contribution in [0.3, 0.4) is 0 Å². The van der Waals surface area contributed by atoms with Crippen LogP contribution in [0.4, 0.5) is 5.82 Å². The fourth-order valence-corrected chi connectivity index (χ4v) is 2.71. The minimum Gasteiger partial charge on any atom is -0.383 e. The summed E-state index contributed by atoms with van der Waals surface area (Å²) in [4.78, 5) is 20.7. The molecule has 0 unspecified atom stereocenters. The van der Waals surface area contributed by atoms with Crippen molar-refractivity contribution < 1.29 is 9.53 Å². The Labute approximate surface area is 159 Å². The predicted octanol–water partition coefficient (Wildman–Crippen LogP) is 2.08. The van der Waals surface area contributed by atoms with E-state index in [9.17, 15) is 4.79 Å². The second kappa shape index (κ2) is 8.72. The van der Waals surface area contributed by atoms with E-state index in [-0.39, 0.29) is 5.91 Å². The Kier molecular flexibility index (Phi) is 6.13. The SMILES string of the molecule is COCCNc1ncnc2c1cnn2CCNC(=O)c1ccc(Br)cc1. The molecule has 2 heterocycles. The van der Waals surface area contributed by atoms with Crippen LogP contribution in [0.5, 0.6) is 0 Å². The van der Waals surface area contributed by atoms with Gasteiger partial charge in [-0.05, 0) is 24.3 Å². The van der Waals surface area contributed by atoms with Gasteiger partial charge in [0.2, 0.25) is 0 Å². The van der Waals surface area contributed by atoms with Gasteiger partial charge in [0, 0.05) is 30.2 Å². The minimum atomic E-state index is -0.120. The maximum absolute atomic E-state index is 12.1. The molecule has 3 aromatic rings. The van der Waals surface area contributed by atoms with Crippen molar-refractivity contribution in [3.63, 3.8) is 0 Å². The van der Waals surface area contributed by atoms with E-state index in [0.717, 1.165) is 21.3 Å². The van der Waals surface area contributed by atoms with Gasteiger partial charge in [0.05, 0.1) is 24.7 Å². The topological polar surface area (TPSA) is 94.0 Å². The number of nitrogens with one attached hydrogen (secondary N) is 2. The highest BCUT2D eigenvalue weighted by molar-refractivity contribution is 9.10. The van der Waals surface area contributed by atoms with E-state index in [1.807, 2.05) is 12.1 Å². The summed E-state index contributed by atoms with van der Waals surface area (Å²) < 4.78 is 7.72. The molecule has 9 heteroatoms. The van der Waals surface area contributed by atoms with E-state index < -0.39 is 0 Å². The quantitative estimate of drug-likeness (QED) is 0.543. The van der Waals surface area contributed by atoms with Crippen molar-refractivity contribution in [1.29, 1.82) is 0 Å². The first kappa shape index (κ1) is 18.3.